The van der Waals surface area contributed by atoms with E-state index in [9.17, 15) is 4.79 Å². The van der Waals surface area contributed by atoms with E-state index in [2.05, 4.69) is 0 Å². The van der Waals surface area contributed by atoms with Gasteiger partial charge in [-0.25, -0.2) is 0 Å². The first-order valence-corrected chi connectivity index (χ1v) is 6.46. The van der Waals surface area contributed by atoms with Crippen LogP contribution in [0.3, 0.4) is 0 Å². The molecule has 0 bridgehead atoms. The summed E-state index contributed by atoms with van der Waals surface area (Å²) in [7, 11) is 3.31. The van der Waals surface area contributed by atoms with E-state index in [0.717, 1.165) is 5.56 Å². The number of carbonyl (C=O) groups is 1. The monoisotopic (exact) mass is 289 g/mol. The van der Waals surface area contributed by atoms with Crippen LogP contribution >= 0.6 is 23.2 Å². The molecule has 0 N–H and O–H groups in total. The van der Waals surface area contributed by atoms with Gasteiger partial charge in [-0.05, 0) is 11.6 Å². The number of halogens is 2. The molecule has 0 aliphatic heterocycles. The topological polar surface area (TPSA) is 29.5 Å². The molecule has 0 spiro atoms. The van der Waals surface area contributed by atoms with Crippen molar-refractivity contribution >= 4 is 29.1 Å². The number of amides is 1. The third-order valence-electron chi connectivity index (χ3n) is 2.54. The summed E-state index contributed by atoms with van der Waals surface area (Å²) in [5.41, 5.74) is 0.828. The minimum atomic E-state index is -0.199. The van der Waals surface area contributed by atoms with Crippen molar-refractivity contribution in [2.24, 2.45) is 0 Å². The van der Waals surface area contributed by atoms with Gasteiger partial charge in [-0.15, -0.1) is 11.6 Å². The van der Waals surface area contributed by atoms with Gasteiger partial charge in [0.15, 0.2) is 0 Å². The van der Waals surface area contributed by atoms with Crippen molar-refractivity contribution in [1.82, 2.24) is 4.90 Å². The van der Waals surface area contributed by atoms with Gasteiger partial charge in [0.1, 0.15) is 0 Å². The fraction of sp³-hybridized carbons (Fsp3) is 0.462. The van der Waals surface area contributed by atoms with E-state index in [1.807, 2.05) is 18.2 Å². The van der Waals surface area contributed by atoms with Crippen molar-refractivity contribution in [1.29, 1.82) is 0 Å². The summed E-state index contributed by atoms with van der Waals surface area (Å²) in [5, 5.41) is 0.411. The largest absolute Gasteiger partial charge is 0.383 e. The normalized spacial score (nSPS) is 12.2. The van der Waals surface area contributed by atoms with Crippen molar-refractivity contribution in [3.05, 3.63) is 34.9 Å². The Labute approximate surface area is 118 Å². The Balaban J connectivity index is 2.52. The Morgan fingerprint density at radius 2 is 2.11 bits per heavy atom. The summed E-state index contributed by atoms with van der Waals surface area (Å²) in [6.45, 7) is 0.879. The Morgan fingerprint density at radius 3 is 2.72 bits per heavy atom. The van der Waals surface area contributed by atoms with E-state index in [0.29, 0.717) is 18.2 Å². The summed E-state index contributed by atoms with van der Waals surface area (Å²) >= 11 is 12.0. The zero-order chi connectivity index (χ0) is 13.5. The van der Waals surface area contributed by atoms with Gasteiger partial charge >= 0.3 is 0 Å². The highest BCUT2D eigenvalue weighted by Crippen LogP contribution is 2.16. The van der Waals surface area contributed by atoms with Gasteiger partial charge in [-0.1, -0.05) is 29.8 Å². The van der Waals surface area contributed by atoms with E-state index >= 15 is 0 Å². The molecule has 1 atom stereocenters. The van der Waals surface area contributed by atoms with Crippen molar-refractivity contribution in [3.8, 4) is 0 Å². The molecule has 5 heteroatoms. The minimum Gasteiger partial charge on any atom is -0.383 e. The van der Waals surface area contributed by atoms with Crippen LogP contribution in [0.4, 0.5) is 0 Å². The summed E-state index contributed by atoms with van der Waals surface area (Å²) in [5.74, 6) is -0.00940. The van der Waals surface area contributed by atoms with Crippen LogP contribution in [0.2, 0.25) is 5.02 Å². The maximum atomic E-state index is 12.0. The number of carbonyl (C=O) groups excluding carboxylic acids is 1. The molecule has 1 amide bonds. The molecule has 18 heavy (non-hydrogen) atoms. The summed E-state index contributed by atoms with van der Waals surface area (Å²) in [6.07, 6.45) is 0.284. The average Bonchev–Trinajstić information content (AvgIpc) is 2.32. The van der Waals surface area contributed by atoms with Gasteiger partial charge in [0, 0.05) is 25.7 Å². The highest BCUT2D eigenvalue weighted by Gasteiger charge is 2.15. The number of hydrogen-bond acceptors (Lipinski definition) is 2. The van der Waals surface area contributed by atoms with E-state index in [1.54, 1.807) is 25.1 Å². The molecule has 1 rings (SSSR count). The number of alkyl halides is 1. The summed E-state index contributed by atoms with van der Waals surface area (Å²) in [4.78, 5) is 13.6. The highest BCUT2D eigenvalue weighted by molar-refractivity contribution is 6.31. The number of ether oxygens (including phenoxy) is 1. The summed E-state index contributed by atoms with van der Waals surface area (Å²) < 4.78 is 4.93. The molecule has 0 aliphatic rings. The van der Waals surface area contributed by atoms with E-state index in [-0.39, 0.29) is 17.7 Å². The number of benzene rings is 1. The fourth-order valence-corrected chi connectivity index (χ4v) is 2.11. The average molecular weight is 290 g/mol. The zero-order valence-electron chi connectivity index (χ0n) is 10.5. The number of likely N-dealkylation sites (N-methyl/N-ethyl adjacent to an activating group) is 1. The number of methoxy groups -OCH3 is 1. The number of nitrogens with zero attached hydrogens (tertiary/aromatic N) is 1. The molecular formula is C13H17Cl2NO2. The first-order valence-electron chi connectivity index (χ1n) is 5.65. The molecule has 1 aromatic rings. The van der Waals surface area contributed by atoms with Crippen LogP contribution in [0.25, 0.3) is 0 Å². The van der Waals surface area contributed by atoms with Gasteiger partial charge in [0.25, 0.3) is 0 Å². The third-order valence-corrected chi connectivity index (χ3v) is 3.18. The molecule has 1 aromatic carbocycles. The van der Waals surface area contributed by atoms with Gasteiger partial charge in [0.2, 0.25) is 5.91 Å². The van der Waals surface area contributed by atoms with Crippen LogP contribution in [0, 0.1) is 0 Å². The first-order chi connectivity index (χ1) is 8.54. The maximum absolute atomic E-state index is 12.0. The van der Waals surface area contributed by atoms with Gasteiger partial charge < -0.3 is 9.64 Å². The van der Waals surface area contributed by atoms with Crippen LogP contribution in [-0.4, -0.2) is 43.5 Å². The van der Waals surface area contributed by atoms with Crippen LogP contribution in [0.15, 0.2) is 24.3 Å². The standard InChI is InChI=1S/C13H17Cl2NO2/c1-16(8-11(14)9-18-2)13(17)7-10-5-3-4-6-12(10)15/h3-6,11H,7-9H2,1-2H3. The summed E-state index contributed by atoms with van der Waals surface area (Å²) in [6, 6.07) is 7.33. The molecule has 1 unspecified atom stereocenters. The van der Waals surface area contributed by atoms with Crippen LogP contribution in [0.1, 0.15) is 5.56 Å². The van der Waals surface area contributed by atoms with Crippen molar-refractivity contribution in [2.75, 3.05) is 27.3 Å². The quantitative estimate of drug-likeness (QED) is 0.754. The van der Waals surface area contributed by atoms with Crippen molar-refractivity contribution in [3.63, 3.8) is 0 Å². The Bertz CT molecular complexity index is 398. The van der Waals surface area contributed by atoms with Crippen molar-refractivity contribution < 1.29 is 9.53 Å². The third kappa shape index (κ3) is 4.84. The van der Waals surface area contributed by atoms with Crippen LogP contribution in [0.5, 0.6) is 0 Å². The van der Waals surface area contributed by atoms with Crippen molar-refractivity contribution in [2.45, 2.75) is 11.8 Å². The molecule has 0 radical (unpaired) electrons. The second-order valence-corrected chi connectivity index (χ2v) is 5.12. The number of rotatable bonds is 6. The second kappa shape index (κ2) is 7.62. The van der Waals surface area contributed by atoms with Gasteiger partial charge in [-0.2, -0.15) is 0 Å². The molecule has 0 saturated heterocycles. The Morgan fingerprint density at radius 1 is 1.44 bits per heavy atom. The molecule has 0 aromatic heterocycles. The lowest BCUT2D eigenvalue weighted by atomic mass is 10.1. The lowest BCUT2D eigenvalue weighted by molar-refractivity contribution is -0.129. The zero-order valence-corrected chi connectivity index (χ0v) is 12.0. The smallest absolute Gasteiger partial charge is 0.226 e. The minimum absolute atomic E-state index is 0.00940. The molecule has 0 aliphatic carbocycles. The van der Waals surface area contributed by atoms with E-state index in [4.69, 9.17) is 27.9 Å². The lowest BCUT2D eigenvalue weighted by Gasteiger charge is -2.20. The molecule has 0 heterocycles. The highest BCUT2D eigenvalue weighted by atomic mass is 35.5. The SMILES string of the molecule is COCC(Cl)CN(C)C(=O)Cc1ccccc1Cl. The predicted octanol–water partition coefficient (Wildman–Crippen LogP) is 2.59. The van der Waals surface area contributed by atoms with Crippen LogP contribution in [-0.2, 0) is 16.0 Å². The lowest BCUT2D eigenvalue weighted by Crippen LogP contribution is -2.34. The Kier molecular flexibility index (Phi) is 6.47. The second-order valence-electron chi connectivity index (χ2n) is 4.10. The van der Waals surface area contributed by atoms with Gasteiger partial charge in [-0.3, -0.25) is 4.79 Å². The molecule has 0 saturated carbocycles. The van der Waals surface area contributed by atoms with E-state index in [1.165, 1.54) is 0 Å². The number of hydrogen-bond donors (Lipinski definition) is 0. The molecule has 3 nitrogen and oxygen atoms in total. The maximum Gasteiger partial charge on any atom is 0.226 e. The molecular weight excluding hydrogens is 273 g/mol. The molecule has 0 fully saturated rings. The first kappa shape index (κ1) is 15.3. The van der Waals surface area contributed by atoms with Crippen LogP contribution < -0.4 is 0 Å². The van der Waals surface area contributed by atoms with E-state index < -0.39 is 0 Å². The van der Waals surface area contributed by atoms with Gasteiger partial charge in [0.05, 0.1) is 18.4 Å². The fourth-order valence-electron chi connectivity index (χ4n) is 1.57. The molecule has 100 valence electrons. The predicted molar refractivity (Wildman–Crippen MR) is 74.3 cm³/mol. The Hall–Kier alpha value is -0.770.